The summed E-state index contributed by atoms with van der Waals surface area (Å²) >= 11 is 17.1. The van der Waals surface area contributed by atoms with Crippen LogP contribution in [0.4, 0.5) is 10.5 Å². The number of rotatable bonds is 4. The monoisotopic (exact) mass is 430 g/mol. The van der Waals surface area contributed by atoms with Crippen molar-refractivity contribution in [2.24, 2.45) is 0 Å². The molecule has 0 aromatic heterocycles. The lowest BCUT2D eigenvalue weighted by atomic mass is 10.2. The SMILES string of the molecule is C/C(=C/C(=O)O)NC(=O)OCc1ccc(Cl)c(Cl)c1.Nc1ccc(Cl)cc1. The molecule has 4 N–H and O–H groups in total. The summed E-state index contributed by atoms with van der Waals surface area (Å²) in [6.45, 7) is 1.44. The number of benzene rings is 2. The van der Waals surface area contributed by atoms with E-state index in [1.165, 1.54) is 6.92 Å². The van der Waals surface area contributed by atoms with Gasteiger partial charge in [-0.3, -0.25) is 5.32 Å². The van der Waals surface area contributed by atoms with Crippen molar-refractivity contribution in [2.75, 3.05) is 5.73 Å². The third-order valence-electron chi connectivity index (χ3n) is 2.86. The van der Waals surface area contributed by atoms with Crippen molar-refractivity contribution < 1.29 is 19.4 Å². The minimum atomic E-state index is -1.15. The molecule has 2 aromatic rings. The lowest BCUT2D eigenvalue weighted by Crippen LogP contribution is -2.22. The first-order valence-electron chi connectivity index (χ1n) is 7.47. The van der Waals surface area contributed by atoms with Gasteiger partial charge in [0.25, 0.3) is 0 Å². The first kappa shape index (κ1) is 22.6. The van der Waals surface area contributed by atoms with Gasteiger partial charge in [-0.1, -0.05) is 40.9 Å². The van der Waals surface area contributed by atoms with Crippen LogP contribution in [0.1, 0.15) is 12.5 Å². The minimum Gasteiger partial charge on any atom is -0.478 e. The Bertz CT molecular complexity index is 803. The second-order valence-corrected chi connectivity index (χ2v) is 6.42. The topological polar surface area (TPSA) is 102 Å². The van der Waals surface area contributed by atoms with Gasteiger partial charge < -0.3 is 15.6 Å². The number of carboxylic acids is 1. The van der Waals surface area contributed by atoms with Crippen LogP contribution in [0, 0.1) is 0 Å². The Kier molecular flexibility index (Phi) is 9.50. The highest BCUT2D eigenvalue weighted by atomic mass is 35.5. The van der Waals surface area contributed by atoms with Crippen LogP contribution in [0.5, 0.6) is 0 Å². The molecule has 0 aliphatic heterocycles. The Balaban J connectivity index is 0.000000377. The molecule has 2 rings (SSSR count). The average molecular weight is 432 g/mol. The number of ether oxygens (including phenoxy) is 1. The Hall–Kier alpha value is -2.41. The smallest absolute Gasteiger partial charge is 0.411 e. The van der Waals surface area contributed by atoms with E-state index in [2.05, 4.69) is 5.32 Å². The van der Waals surface area contributed by atoms with Gasteiger partial charge in [-0.05, 0) is 48.9 Å². The van der Waals surface area contributed by atoms with Crippen LogP contribution >= 0.6 is 34.8 Å². The average Bonchev–Trinajstić information content (AvgIpc) is 2.58. The second kappa shape index (κ2) is 11.3. The molecule has 0 radical (unpaired) electrons. The first-order chi connectivity index (χ1) is 12.7. The molecule has 144 valence electrons. The van der Waals surface area contributed by atoms with Crippen LogP contribution in [0.15, 0.2) is 54.2 Å². The molecule has 0 saturated carbocycles. The van der Waals surface area contributed by atoms with E-state index in [4.69, 9.17) is 50.4 Å². The molecule has 0 fully saturated rings. The predicted molar refractivity (Wildman–Crippen MR) is 107 cm³/mol. The van der Waals surface area contributed by atoms with Crippen LogP contribution in [0.3, 0.4) is 0 Å². The molecule has 0 heterocycles. The number of hydrogen-bond donors (Lipinski definition) is 3. The van der Waals surface area contributed by atoms with Crippen LogP contribution in [-0.4, -0.2) is 17.2 Å². The highest BCUT2D eigenvalue weighted by Gasteiger charge is 2.05. The molecule has 0 atom stereocenters. The van der Waals surface area contributed by atoms with E-state index in [0.717, 1.165) is 16.8 Å². The minimum absolute atomic E-state index is 0.00305. The van der Waals surface area contributed by atoms with Gasteiger partial charge in [0.15, 0.2) is 0 Å². The number of anilines is 1. The molecule has 2 aromatic carbocycles. The summed E-state index contributed by atoms with van der Waals surface area (Å²) in [6, 6.07) is 11.9. The fraction of sp³-hybridized carbons (Fsp3) is 0.111. The number of nitrogens with two attached hydrogens (primary N) is 1. The lowest BCUT2D eigenvalue weighted by molar-refractivity contribution is -0.131. The van der Waals surface area contributed by atoms with Crippen molar-refractivity contribution in [3.63, 3.8) is 0 Å². The number of allylic oxidation sites excluding steroid dienone is 1. The maximum atomic E-state index is 11.3. The molecule has 1 amide bonds. The fourth-order valence-electron chi connectivity index (χ4n) is 1.66. The fourth-order valence-corrected chi connectivity index (χ4v) is 2.11. The van der Waals surface area contributed by atoms with E-state index in [0.29, 0.717) is 15.6 Å². The van der Waals surface area contributed by atoms with Crippen LogP contribution in [-0.2, 0) is 16.1 Å². The summed E-state index contributed by atoms with van der Waals surface area (Å²) in [6.07, 6.45) is 0.113. The van der Waals surface area contributed by atoms with Gasteiger partial charge in [0.1, 0.15) is 6.61 Å². The molecule has 0 aliphatic rings. The summed E-state index contributed by atoms with van der Waals surface area (Å²) in [7, 11) is 0. The molecule has 0 unspecified atom stereocenters. The molecule has 9 heteroatoms. The van der Waals surface area contributed by atoms with Gasteiger partial charge in [0.05, 0.1) is 10.0 Å². The van der Waals surface area contributed by atoms with Crippen LogP contribution < -0.4 is 11.1 Å². The van der Waals surface area contributed by atoms with E-state index in [1.807, 2.05) is 0 Å². The number of hydrogen-bond acceptors (Lipinski definition) is 4. The largest absolute Gasteiger partial charge is 0.478 e. The Morgan fingerprint density at radius 3 is 2.26 bits per heavy atom. The molecule has 0 aliphatic carbocycles. The van der Waals surface area contributed by atoms with E-state index < -0.39 is 12.1 Å². The molecule has 0 spiro atoms. The van der Waals surface area contributed by atoms with Gasteiger partial charge >= 0.3 is 12.1 Å². The van der Waals surface area contributed by atoms with Gasteiger partial charge in [-0.15, -0.1) is 0 Å². The number of aliphatic carboxylic acids is 1. The standard InChI is InChI=1S/C12H11Cl2NO4.C6H6ClN/c1-7(4-11(16)17)15-12(18)19-6-8-2-3-9(13)10(14)5-8;7-5-1-3-6(8)4-2-5/h2-5H,6H2,1H3,(H,15,18)(H,16,17);1-4H,8H2/b7-4-;. The zero-order valence-electron chi connectivity index (χ0n) is 14.2. The number of carboxylic acid groups (broad SMARTS) is 1. The van der Waals surface area contributed by atoms with Gasteiger partial charge in [0, 0.05) is 22.5 Å². The lowest BCUT2D eigenvalue weighted by Gasteiger charge is -2.07. The molecule has 0 saturated heterocycles. The van der Waals surface area contributed by atoms with Crippen molar-refractivity contribution in [3.05, 3.63) is 74.9 Å². The van der Waals surface area contributed by atoms with E-state index in [-0.39, 0.29) is 12.3 Å². The Morgan fingerprint density at radius 1 is 1.11 bits per heavy atom. The van der Waals surface area contributed by atoms with E-state index in [9.17, 15) is 9.59 Å². The van der Waals surface area contributed by atoms with Crippen molar-refractivity contribution in [2.45, 2.75) is 13.5 Å². The van der Waals surface area contributed by atoms with Crippen molar-refractivity contribution in [1.29, 1.82) is 0 Å². The third kappa shape index (κ3) is 9.75. The summed E-state index contributed by atoms with van der Waals surface area (Å²) in [4.78, 5) is 21.7. The summed E-state index contributed by atoms with van der Waals surface area (Å²) in [5, 5.41) is 12.2. The highest BCUT2D eigenvalue weighted by Crippen LogP contribution is 2.22. The second-order valence-electron chi connectivity index (χ2n) is 5.17. The quantitative estimate of drug-likeness (QED) is 0.460. The number of carbonyl (C=O) groups excluding carboxylic acids is 1. The van der Waals surface area contributed by atoms with Gasteiger partial charge in [-0.25, -0.2) is 9.59 Å². The predicted octanol–water partition coefficient (Wildman–Crippen LogP) is 5.13. The van der Waals surface area contributed by atoms with Crippen LogP contribution in [0.2, 0.25) is 15.1 Å². The maximum absolute atomic E-state index is 11.3. The summed E-state index contributed by atoms with van der Waals surface area (Å²) in [5.41, 5.74) is 6.96. The normalized spacial score (nSPS) is 10.4. The maximum Gasteiger partial charge on any atom is 0.411 e. The van der Waals surface area contributed by atoms with E-state index in [1.54, 1.807) is 42.5 Å². The van der Waals surface area contributed by atoms with Gasteiger partial charge in [-0.2, -0.15) is 0 Å². The zero-order chi connectivity index (χ0) is 20.4. The number of alkyl carbamates (subject to hydrolysis) is 1. The third-order valence-corrected chi connectivity index (χ3v) is 3.85. The number of amides is 1. The summed E-state index contributed by atoms with van der Waals surface area (Å²) < 4.78 is 4.89. The van der Waals surface area contributed by atoms with Gasteiger partial charge in [0.2, 0.25) is 0 Å². The van der Waals surface area contributed by atoms with Crippen molar-refractivity contribution >= 4 is 52.6 Å². The zero-order valence-corrected chi connectivity index (χ0v) is 16.5. The van der Waals surface area contributed by atoms with Crippen molar-refractivity contribution in [3.8, 4) is 0 Å². The number of carbonyl (C=O) groups is 2. The Labute approximate surface area is 171 Å². The summed E-state index contributed by atoms with van der Waals surface area (Å²) in [5.74, 6) is -1.15. The van der Waals surface area contributed by atoms with Crippen LogP contribution in [0.25, 0.3) is 0 Å². The first-order valence-corrected chi connectivity index (χ1v) is 8.60. The molecular weight excluding hydrogens is 415 g/mol. The molecule has 6 nitrogen and oxygen atoms in total. The molecular formula is C18H17Cl3N2O4. The Morgan fingerprint density at radius 2 is 1.74 bits per heavy atom. The molecule has 0 bridgehead atoms. The number of nitrogen functional groups attached to an aromatic ring is 1. The molecule has 27 heavy (non-hydrogen) atoms. The number of halogens is 3. The van der Waals surface area contributed by atoms with E-state index >= 15 is 0 Å². The highest BCUT2D eigenvalue weighted by molar-refractivity contribution is 6.42. The number of nitrogens with one attached hydrogen (secondary N) is 1. The van der Waals surface area contributed by atoms with Crippen molar-refractivity contribution in [1.82, 2.24) is 5.32 Å².